The number of thiophene rings is 1. The van der Waals surface area contributed by atoms with Crippen molar-refractivity contribution in [1.82, 2.24) is 0 Å². The highest BCUT2D eigenvalue weighted by Gasteiger charge is 2.25. The molecule has 0 saturated carbocycles. The Bertz CT molecular complexity index is 613. The van der Waals surface area contributed by atoms with Gasteiger partial charge in [-0.2, -0.15) is 0 Å². The lowest BCUT2D eigenvalue weighted by Gasteiger charge is -2.17. The molecule has 1 unspecified atom stereocenters. The van der Waals surface area contributed by atoms with Gasteiger partial charge >= 0.3 is 5.97 Å². The molecule has 0 bridgehead atoms. The third-order valence-corrected chi connectivity index (χ3v) is 6.21. The van der Waals surface area contributed by atoms with E-state index in [1.165, 1.54) is 18.4 Å². The van der Waals surface area contributed by atoms with Crippen molar-refractivity contribution in [3.8, 4) is 0 Å². The van der Waals surface area contributed by atoms with Crippen molar-refractivity contribution in [3.05, 3.63) is 48.5 Å². The predicted molar refractivity (Wildman–Crippen MR) is 89.6 cm³/mol. The number of hydrogen-bond donors (Lipinski definition) is 1. The van der Waals surface area contributed by atoms with E-state index in [1.54, 1.807) is 6.07 Å². The fourth-order valence-electron chi connectivity index (χ4n) is 1.60. The molecule has 20 heavy (non-hydrogen) atoms. The van der Waals surface area contributed by atoms with Gasteiger partial charge in [0.2, 0.25) is 0 Å². The molecule has 0 saturated heterocycles. The van der Waals surface area contributed by atoms with Gasteiger partial charge < -0.3 is 10.1 Å². The maximum atomic E-state index is 12.0. The molecule has 0 aliphatic carbocycles. The molecule has 3 nitrogen and oxygen atoms in total. The van der Waals surface area contributed by atoms with E-state index in [2.05, 4.69) is 37.2 Å². The molecule has 1 atom stereocenters. The summed E-state index contributed by atoms with van der Waals surface area (Å²) < 4.78 is 6.67. The zero-order valence-electron chi connectivity index (χ0n) is 10.3. The largest absolute Gasteiger partial charge is 0.467 e. The molecule has 0 aliphatic heterocycles. The molecular weight excluding hydrogens is 429 g/mol. The van der Waals surface area contributed by atoms with Gasteiger partial charge in [0.25, 0.3) is 0 Å². The Morgan fingerprint density at radius 1 is 1.40 bits per heavy atom. The Hall–Kier alpha value is -0.560. The lowest BCUT2D eigenvalue weighted by atomic mass is 10.2. The normalized spacial score (nSPS) is 12.0. The Labute approximate surface area is 142 Å². The Balaban J connectivity index is 2.34. The summed E-state index contributed by atoms with van der Waals surface area (Å²) in [6.45, 7) is 0. The van der Waals surface area contributed by atoms with E-state index in [4.69, 9.17) is 16.3 Å². The van der Waals surface area contributed by atoms with Crippen LogP contribution in [0.4, 0.5) is 5.69 Å². The molecule has 7 heteroatoms. The van der Waals surface area contributed by atoms with Gasteiger partial charge in [0.1, 0.15) is 0 Å². The third-order valence-electron chi connectivity index (χ3n) is 2.56. The van der Waals surface area contributed by atoms with Gasteiger partial charge in [-0.15, -0.1) is 11.3 Å². The molecular formula is C13H10Br2ClNO2S. The summed E-state index contributed by atoms with van der Waals surface area (Å²) in [6.07, 6.45) is 0. The van der Waals surface area contributed by atoms with Crippen molar-refractivity contribution in [2.45, 2.75) is 6.04 Å². The number of anilines is 1. The molecule has 2 aromatic rings. The zero-order valence-corrected chi connectivity index (χ0v) is 15.1. The number of methoxy groups -OCH3 is 1. The number of nitrogens with one attached hydrogen (secondary N) is 1. The lowest BCUT2D eigenvalue weighted by molar-refractivity contribution is -0.141. The van der Waals surface area contributed by atoms with Crippen molar-refractivity contribution in [3.63, 3.8) is 0 Å². The first kappa shape index (κ1) is 15.8. The van der Waals surface area contributed by atoms with E-state index in [9.17, 15) is 4.79 Å². The second-order valence-corrected chi connectivity index (χ2v) is 7.51. The van der Waals surface area contributed by atoms with Gasteiger partial charge in [0.15, 0.2) is 6.04 Å². The maximum Gasteiger partial charge on any atom is 0.333 e. The smallest absolute Gasteiger partial charge is 0.333 e. The molecule has 0 spiro atoms. The first-order chi connectivity index (χ1) is 9.52. The highest BCUT2D eigenvalue weighted by Crippen LogP contribution is 2.37. The van der Waals surface area contributed by atoms with Crippen molar-refractivity contribution in [2.75, 3.05) is 12.4 Å². The van der Waals surface area contributed by atoms with Crippen LogP contribution in [0.3, 0.4) is 0 Å². The molecule has 1 aromatic carbocycles. The second kappa shape index (κ2) is 6.93. The zero-order chi connectivity index (χ0) is 14.7. The summed E-state index contributed by atoms with van der Waals surface area (Å²) in [4.78, 5) is 12.8. The molecule has 106 valence electrons. The van der Waals surface area contributed by atoms with Crippen LogP contribution in [0.5, 0.6) is 0 Å². The number of ether oxygens (including phenoxy) is 1. The van der Waals surface area contributed by atoms with Crippen LogP contribution < -0.4 is 5.32 Å². The van der Waals surface area contributed by atoms with Gasteiger partial charge in [-0.1, -0.05) is 23.7 Å². The summed E-state index contributed by atoms with van der Waals surface area (Å²) in [5, 5.41) is 3.67. The van der Waals surface area contributed by atoms with Crippen LogP contribution in [-0.2, 0) is 9.53 Å². The standard InChI is InChI=1S/C13H10Br2ClNO2S/c1-19-13(18)11(10-6-7(14)12(15)20-10)17-9-5-3-2-4-8(9)16/h2-6,11,17H,1H3. The average Bonchev–Trinajstić information content (AvgIpc) is 2.76. The second-order valence-electron chi connectivity index (χ2n) is 3.85. The first-order valence-corrected chi connectivity index (χ1v) is 8.34. The maximum absolute atomic E-state index is 12.0. The number of hydrogen-bond acceptors (Lipinski definition) is 4. The third kappa shape index (κ3) is 3.55. The number of para-hydroxylation sites is 1. The topological polar surface area (TPSA) is 38.3 Å². The lowest BCUT2D eigenvalue weighted by Crippen LogP contribution is -2.21. The fraction of sp³-hybridized carbons (Fsp3) is 0.154. The van der Waals surface area contributed by atoms with Gasteiger partial charge in [-0.25, -0.2) is 4.79 Å². The van der Waals surface area contributed by atoms with E-state index in [0.717, 1.165) is 13.1 Å². The number of esters is 1. The predicted octanol–water partition coefficient (Wildman–Crippen LogP) is 5.25. The van der Waals surface area contributed by atoms with Crippen LogP contribution in [0.1, 0.15) is 10.9 Å². The van der Waals surface area contributed by atoms with E-state index < -0.39 is 6.04 Å². The van der Waals surface area contributed by atoms with Crippen LogP contribution in [0, 0.1) is 0 Å². The monoisotopic (exact) mass is 437 g/mol. The van der Waals surface area contributed by atoms with Crippen molar-refractivity contribution < 1.29 is 9.53 Å². The fourth-order valence-corrected chi connectivity index (χ4v) is 3.92. The van der Waals surface area contributed by atoms with E-state index in [1.807, 2.05) is 24.3 Å². The van der Waals surface area contributed by atoms with E-state index >= 15 is 0 Å². The van der Waals surface area contributed by atoms with Gasteiger partial charge in [-0.05, 0) is 50.1 Å². The van der Waals surface area contributed by atoms with Gasteiger partial charge in [0.05, 0.1) is 21.6 Å². The van der Waals surface area contributed by atoms with Crippen LogP contribution in [0.25, 0.3) is 0 Å². The van der Waals surface area contributed by atoms with Gasteiger partial charge in [0, 0.05) is 9.35 Å². The van der Waals surface area contributed by atoms with Crippen LogP contribution in [0.15, 0.2) is 38.6 Å². The number of carbonyl (C=O) groups is 1. The molecule has 2 rings (SSSR count). The minimum atomic E-state index is -0.604. The van der Waals surface area contributed by atoms with Crippen molar-refractivity contribution >= 4 is 66.5 Å². The Morgan fingerprint density at radius 3 is 2.65 bits per heavy atom. The highest BCUT2D eigenvalue weighted by molar-refractivity contribution is 9.13. The van der Waals surface area contributed by atoms with Crippen LogP contribution in [0.2, 0.25) is 5.02 Å². The van der Waals surface area contributed by atoms with Crippen molar-refractivity contribution in [1.29, 1.82) is 0 Å². The molecule has 1 heterocycles. The summed E-state index contributed by atoms with van der Waals surface area (Å²) in [7, 11) is 1.36. The minimum Gasteiger partial charge on any atom is -0.467 e. The van der Waals surface area contributed by atoms with Gasteiger partial charge in [-0.3, -0.25) is 0 Å². The summed E-state index contributed by atoms with van der Waals surface area (Å²) >= 11 is 14.4. The van der Waals surface area contributed by atoms with E-state index in [0.29, 0.717) is 10.7 Å². The minimum absolute atomic E-state index is 0.369. The number of rotatable bonds is 4. The average molecular weight is 440 g/mol. The van der Waals surface area contributed by atoms with E-state index in [-0.39, 0.29) is 5.97 Å². The molecule has 1 N–H and O–H groups in total. The molecule has 0 fully saturated rings. The quantitative estimate of drug-likeness (QED) is 0.661. The molecule has 0 radical (unpaired) electrons. The van der Waals surface area contributed by atoms with Crippen LogP contribution >= 0.6 is 54.8 Å². The Morgan fingerprint density at radius 2 is 2.10 bits per heavy atom. The summed E-state index contributed by atoms with van der Waals surface area (Å²) in [5.41, 5.74) is 0.685. The molecule has 1 aromatic heterocycles. The Kier molecular flexibility index (Phi) is 5.49. The first-order valence-electron chi connectivity index (χ1n) is 5.56. The van der Waals surface area contributed by atoms with Crippen LogP contribution in [-0.4, -0.2) is 13.1 Å². The SMILES string of the molecule is COC(=O)C(Nc1ccccc1Cl)c1cc(Br)c(Br)s1. The molecule has 0 aliphatic rings. The number of benzene rings is 1. The van der Waals surface area contributed by atoms with Crippen molar-refractivity contribution in [2.24, 2.45) is 0 Å². The number of carbonyl (C=O) groups excluding carboxylic acids is 1. The molecule has 0 amide bonds. The highest BCUT2D eigenvalue weighted by atomic mass is 79.9. The summed E-state index contributed by atoms with van der Waals surface area (Å²) in [5.74, 6) is -0.369. The number of halogens is 3. The summed E-state index contributed by atoms with van der Waals surface area (Å²) in [6, 6.07) is 8.53.